The van der Waals surface area contributed by atoms with Gasteiger partial charge in [0.05, 0.1) is 0 Å². The van der Waals surface area contributed by atoms with Gasteiger partial charge in [-0.05, 0) is 56.4 Å². The summed E-state index contributed by atoms with van der Waals surface area (Å²) in [6.07, 6.45) is 4.42. The Bertz CT molecular complexity index is 582. The highest BCUT2D eigenvalue weighted by Crippen LogP contribution is 2.30. The van der Waals surface area contributed by atoms with Crippen molar-refractivity contribution in [2.45, 2.75) is 58.0 Å². The number of rotatable bonds is 2. The van der Waals surface area contributed by atoms with E-state index >= 15 is 0 Å². The van der Waals surface area contributed by atoms with Crippen LogP contribution in [0.25, 0.3) is 0 Å². The summed E-state index contributed by atoms with van der Waals surface area (Å²) < 4.78 is 0. The minimum Gasteiger partial charge on any atom is -0.333 e. The molecule has 2 unspecified atom stereocenters. The number of amides is 2. The largest absolute Gasteiger partial charge is 0.333 e. The average Bonchev–Trinajstić information content (AvgIpc) is 2.86. The number of benzene rings is 1. The van der Waals surface area contributed by atoms with Crippen molar-refractivity contribution < 1.29 is 9.59 Å². The molecule has 1 aromatic rings. The molecule has 0 bridgehead atoms. The third-order valence-corrected chi connectivity index (χ3v) is 4.74. The van der Waals surface area contributed by atoms with E-state index < -0.39 is 0 Å². The van der Waals surface area contributed by atoms with Crippen LogP contribution in [0.2, 0.25) is 0 Å². The highest BCUT2D eigenvalue weighted by Gasteiger charge is 2.33. The number of carbonyl (C=O) groups excluding carboxylic acids is 2. The Hall–Kier alpha value is -1.84. The van der Waals surface area contributed by atoms with Crippen LogP contribution in [0.1, 0.15) is 55.5 Å². The number of hydrogen-bond acceptors (Lipinski definition) is 2. The standard InChI is InChI=1S/C17H22N2O2/c1-3-14-7-4-11(2)19(14)17(21)13-5-8-15-12(10-13)6-9-16(20)18-15/h5,8,10-11,14H,3-4,6-7,9H2,1-2H3,(H,18,20). The Balaban J connectivity index is 1.87. The van der Waals surface area contributed by atoms with E-state index in [1.165, 1.54) is 0 Å². The van der Waals surface area contributed by atoms with Gasteiger partial charge >= 0.3 is 0 Å². The van der Waals surface area contributed by atoms with Crippen molar-refractivity contribution in [2.75, 3.05) is 5.32 Å². The molecule has 0 aromatic heterocycles. The molecule has 2 heterocycles. The molecule has 2 amide bonds. The third-order valence-electron chi connectivity index (χ3n) is 4.74. The minimum absolute atomic E-state index is 0.0563. The lowest BCUT2D eigenvalue weighted by atomic mass is 9.99. The molecule has 0 aliphatic carbocycles. The molecule has 1 aromatic carbocycles. The summed E-state index contributed by atoms with van der Waals surface area (Å²) in [6.45, 7) is 4.28. The van der Waals surface area contributed by atoms with Crippen molar-refractivity contribution in [3.63, 3.8) is 0 Å². The quantitative estimate of drug-likeness (QED) is 0.908. The topological polar surface area (TPSA) is 49.4 Å². The fourth-order valence-electron chi connectivity index (χ4n) is 3.50. The van der Waals surface area contributed by atoms with Gasteiger partial charge in [0.1, 0.15) is 0 Å². The maximum absolute atomic E-state index is 12.8. The van der Waals surface area contributed by atoms with Crippen LogP contribution < -0.4 is 5.32 Å². The van der Waals surface area contributed by atoms with Gasteiger partial charge in [-0.15, -0.1) is 0 Å². The molecule has 1 saturated heterocycles. The molecule has 2 aliphatic rings. The predicted molar refractivity (Wildman–Crippen MR) is 82.3 cm³/mol. The van der Waals surface area contributed by atoms with Gasteiger partial charge in [0.25, 0.3) is 5.91 Å². The molecule has 0 radical (unpaired) electrons. The maximum Gasteiger partial charge on any atom is 0.254 e. The van der Waals surface area contributed by atoms with Crippen molar-refractivity contribution in [1.29, 1.82) is 0 Å². The summed E-state index contributed by atoms with van der Waals surface area (Å²) in [4.78, 5) is 26.3. The molecule has 2 atom stereocenters. The number of nitrogens with zero attached hydrogens (tertiary/aromatic N) is 1. The number of aryl methyl sites for hydroxylation is 1. The highest BCUT2D eigenvalue weighted by molar-refractivity contribution is 5.98. The number of nitrogens with one attached hydrogen (secondary N) is 1. The molecule has 1 fully saturated rings. The van der Waals surface area contributed by atoms with Crippen molar-refractivity contribution in [3.8, 4) is 0 Å². The fourth-order valence-corrected chi connectivity index (χ4v) is 3.50. The summed E-state index contributed by atoms with van der Waals surface area (Å²) in [7, 11) is 0. The highest BCUT2D eigenvalue weighted by atomic mass is 16.2. The van der Waals surface area contributed by atoms with E-state index in [-0.39, 0.29) is 11.8 Å². The average molecular weight is 286 g/mol. The Labute approximate surface area is 125 Å². The first-order valence-electron chi connectivity index (χ1n) is 7.85. The van der Waals surface area contributed by atoms with Gasteiger partial charge in [0, 0.05) is 29.8 Å². The first-order valence-corrected chi connectivity index (χ1v) is 7.85. The lowest BCUT2D eigenvalue weighted by Gasteiger charge is -2.28. The molecule has 4 nitrogen and oxygen atoms in total. The van der Waals surface area contributed by atoms with Gasteiger partial charge in [-0.2, -0.15) is 0 Å². The molecule has 4 heteroatoms. The van der Waals surface area contributed by atoms with Crippen LogP contribution in [0.3, 0.4) is 0 Å². The number of hydrogen-bond donors (Lipinski definition) is 1. The minimum atomic E-state index is 0.0563. The molecule has 1 N–H and O–H groups in total. The zero-order chi connectivity index (χ0) is 15.0. The van der Waals surface area contributed by atoms with Gasteiger partial charge in [-0.3, -0.25) is 9.59 Å². The van der Waals surface area contributed by atoms with Crippen molar-refractivity contribution >= 4 is 17.5 Å². The Morgan fingerprint density at radius 1 is 1.33 bits per heavy atom. The number of fused-ring (bicyclic) bond motifs is 1. The van der Waals surface area contributed by atoms with Gasteiger partial charge in [0.15, 0.2) is 0 Å². The zero-order valence-electron chi connectivity index (χ0n) is 12.7. The first kappa shape index (κ1) is 14.1. The van der Waals surface area contributed by atoms with Crippen LogP contribution >= 0.6 is 0 Å². The van der Waals surface area contributed by atoms with E-state index in [4.69, 9.17) is 0 Å². The van der Waals surface area contributed by atoms with Crippen LogP contribution in [0.15, 0.2) is 18.2 Å². The van der Waals surface area contributed by atoms with Crippen LogP contribution in [-0.4, -0.2) is 28.8 Å². The molecule has 3 rings (SSSR count). The normalized spacial score (nSPS) is 24.7. The second-order valence-corrected chi connectivity index (χ2v) is 6.12. The SMILES string of the molecule is CCC1CCC(C)N1C(=O)c1ccc2c(c1)CCC(=O)N2. The molecular formula is C17H22N2O2. The van der Waals surface area contributed by atoms with Gasteiger partial charge in [0.2, 0.25) is 5.91 Å². The summed E-state index contributed by atoms with van der Waals surface area (Å²) in [6, 6.07) is 6.34. The number of carbonyl (C=O) groups is 2. The van der Waals surface area contributed by atoms with Crippen LogP contribution in [0.5, 0.6) is 0 Å². The maximum atomic E-state index is 12.8. The van der Waals surface area contributed by atoms with E-state index in [0.29, 0.717) is 18.5 Å². The molecule has 0 saturated carbocycles. The fraction of sp³-hybridized carbons (Fsp3) is 0.529. The van der Waals surface area contributed by atoms with Crippen LogP contribution in [0, 0.1) is 0 Å². The summed E-state index contributed by atoms with van der Waals surface area (Å²) >= 11 is 0. The molecule has 0 spiro atoms. The van der Waals surface area contributed by atoms with E-state index in [1.54, 1.807) is 0 Å². The van der Waals surface area contributed by atoms with E-state index in [0.717, 1.165) is 42.5 Å². The van der Waals surface area contributed by atoms with Crippen molar-refractivity contribution in [1.82, 2.24) is 4.90 Å². The lowest BCUT2D eigenvalue weighted by molar-refractivity contribution is -0.116. The second kappa shape index (κ2) is 5.51. The molecule has 112 valence electrons. The summed E-state index contributed by atoms with van der Waals surface area (Å²) in [5.41, 5.74) is 2.67. The smallest absolute Gasteiger partial charge is 0.254 e. The van der Waals surface area contributed by atoms with Gasteiger partial charge in [-0.1, -0.05) is 6.92 Å². The van der Waals surface area contributed by atoms with E-state index in [2.05, 4.69) is 19.2 Å². The Kier molecular flexibility index (Phi) is 3.70. The van der Waals surface area contributed by atoms with Gasteiger partial charge in [-0.25, -0.2) is 0 Å². The third kappa shape index (κ3) is 2.55. The zero-order valence-corrected chi connectivity index (χ0v) is 12.7. The van der Waals surface area contributed by atoms with E-state index in [1.807, 2.05) is 23.1 Å². The molecular weight excluding hydrogens is 264 g/mol. The lowest BCUT2D eigenvalue weighted by Crippen LogP contribution is -2.39. The summed E-state index contributed by atoms with van der Waals surface area (Å²) in [5.74, 6) is 0.187. The van der Waals surface area contributed by atoms with Crippen LogP contribution in [0.4, 0.5) is 5.69 Å². The van der Waals surface area contributed by atoms with E-state index in [9.17, 15) is 9.59 Å². The molecule has 2 aliphatic heterocycles. The summed E-state index contributed by atoms with van der Waals surface area (Å²) in [5, 5.41) is 2.86. The predicted octanol–water partition coefficient (Wildman–Crippen LogP) is 2.97. The Morgan fingerprint density at radius 2 is 2.14 bits per heavy atom. The van der Waals surface area contributed by atoms with Crippen molar-refractivity contribution in [3.05, 3.63) is 29.3 Å². The Morgan fingerprint density at radius 3 is 2.90 bits per heavy atom. The molecule has 21 heavy (non-hydrogen) atoms. The van der Waals surface area contributed by atoms with Crippen LogP contribution in [-0.2, 0) is 11.2 Å². The monoisotopic (exact) mass is 286 g/mol. The second-order valence-electron chi connectivity index (χ2n) is 6.12. The van der Waals surface area contributed by atoms with Gasteiger partial charge < -0.3 is 10.2 Å². The first-order chi connectivity index (χ1) is 10.1. The van der Waals surface area contributed by atoms with Crippen molar-refractivity contribution in [2.24, 2.45) is 0 Å². The number of likely N-dealkylation sites (tertiary alicyclic amines) is 1. The number of anilines is 1.